The van der Waals surface area contributed by atoms with Gasteiger partial charge >= 0.3 is 0 Å². The van der Waals surface area contributed by atoms with Gasteiger partial charge in [0.15, 0.2) is 5.78 Å². The molecule has 72 valence electrons. The van der Waals surface area contributed by atoms with E-state index in [9.17, 15) is 9.59 Å². The van der Waals surface area contributed by atoms with E-state index in [1.54, 1.807) is 25.1 Å². The zero-order valence-corrected chi connectivity index (χ0v) is 7.91. The molecule has 0 unspecified atom stereocenters. The van der Waals surface area contributed by atoms with Crippen LogP contribution in [0.5, 0.6) is 0 Å². The number of carbonyl (C=O) groups is 2. The van der Waals surface area contributed by atoms with Crippen LogP contribution in [0.4, 0.5) is 5.69 Å². The van der Waals surface area contributed by atoms with E-state index in [2.05, 4.69) is 5.32 Å². The minimum Gasteiger partial charge on any atom is -0.325 e. The molecule has 0 fully saturated rings. The summed E-state index contributed by atoms with van der Waals surface area (Å²) in [4.78, 5) is 23.1. The molecule has 1 aliphatic rings. The van der Waals surface area contributed by atoms with Gasteiger partial charge in [-0.2, -0.15) is 0 Å². The molecular weight excluding hydrogens is 178 g/mol. The molecule has 0 bridgehead atoms. The number of carbonyl (C=O) groups excluding carboxylic acids is 2. The third kappa shape index (κ3) is 1.41. The molecule has 0 saturated heterocycles. The lowest BCUT2D eigenvalue weighted by atomic mass is 10.0. The third-order valence-corrected chi connectivity index (χ3v) is 2.42. The molecular formula is C11H11NO2. The van der Waals surface area contributed by atoms with Gasteiger partial charge in [0.2, 0.25) is 5.91 Å². The fourth-order valence-electron chi connectivity index (χ4n) is 1.57. The van der Waals surface area contributed by atoms with E-state index in [0.717, 1.165) is 0 Å². The quantitative estimate of drug-likeness (QED) is 0.677. The smallest absolute Gasteiger partial charge is 0.227 e. The van der Waals surface area contributed by atoms with Crippen molar-refractivity contribution in [3.05, 3.63) is 29.8 Å². The Hall–Kier alpha value is -1.64. The lowest BCUT2D eigenvalue weighted by molar-refractivity contribution is -0.119. The number of hydrogen-bond donors (Lipinski definition) is 1. The van der Waals surface area contributed by atoms with E-state index >= 15 is 0 Å². The molecule has 3 nitrogen and oxygen atoms in total. The molecule has 2 rings (SSSR count). The van der Waals surface area contributed by atoms with E-state index in [0.29, 0.717) is 17.7 Å². The summed E-state index contributed by atoms with van der Waals surface area (Å²) in [6.45, 7) is 1.76. The molecule has 1 aliphatic heterocycles. The number of benzene rings is 1. The van der Waals surface area contributed by atoms with Crippen LogP contribution in [0, 0.1) is 5.92 Å². The van der Waals surface area contributed by atoms with Crippen molar-refractivity contribution in [2.45, 2.75) is 13.3 Å². The van der Waals surface area contributed by atoms with Crippen LogP contribution in [0.2, 0.25) is 0 Å². The number of para-hydroxylation sites is 1. The van der Waals surface area contributed by atoms with Gasteiger partial charge in [0.1, 0.15) is 0 Å². The van der Waals surface area contributed by atoms with E-state index in [-0.39, 0.29) is 17.6 Å². The lowest BCUT2D eigenvalue weighted by Crippen LogP contribution is -2.18. The predicted octanol–water partition coefficient (Wildman–Crippen LogP) is 1.85. The number of ketones is 1. The number of amides is 1. The molecule has 0 radical (unpaired) electrons. The van der Waals surface area contributed by atoms with Gasteiger partial charge in [-0.25, -0.2) is 0 Å². The van der Waals surface area contributed by atoms with Crippen LogP contribution in [0.15, 0.2) is 24.3 Å². The monoisotopic (exact) mass is 189 g/mol. The number of rotatable bonds is 0. The van der Waals surface area contributed by atoms with Crippen LogP contribution in [-0.4, -0.2) is 11.7 Å². The average Bonchev–Trinajstić information content (AvgIpc) is 2.27. The van der Waals surface area contributed by atoms with Crippen LogP contribution in [0.3, 0.4) is 0 Å². The van der Waals surface area contributed by atoms with Crippen LogP contribution >= 0.6 is 0 Å². The highest BCUT2D eigenvalue weighted by atomic mass is 16.2. The summed E-state index contributed by atoms with van der Waals surface area (Å²) < 4.78 is 0. The minimum atomic E-state index is -0.241. The summed E-state index contributed by atoms with van der Waals surface area (Å²) in [6.07, 6.45) is 0.294. The van der Waals surface area contributed by atoms with E-state index in [1.807, 2.05) is 6.07 Å². The molecule has 1 aromatic rings. The van der Waals surface area contributed by atoms with Gasteiger partial charge in [0, 0.05) is 17.9 Å². The number of fused-ring (bicyclic) bond motifs is 1. The Morgan fingerprint density at radius 1 is 1.29 bits per heavy atom. The maximum absolute atomic E-state index is 11.7. The lowest BCUT2D eigenvalue weighted by Gasteiger charge is -2.05. The Morgan fingerprint density at radius 2 is 2.00 bits per heavy atom. The average molecular weight is 189 g/mol. The highest BCUT2D eigenvalue weighted by molar-refractivity contribution is 6.09. The van der Waals surface area contributed by atoms with E-state index in [4.69, 9.17) is 0 Å². The fraction of sp³-hybridized carbons (Fsp3) is 0.273. The van der Waals surface area contributed by atoms with Gasteiger partial charge in [0.05, 0.1) is 5.69 Å². The Kier molecular flexibility index (Phi) is 2.08. The molecule has 1 heterocycles. The molecule has 0 aromatic heterocycles. The first kappa shape index (κ1) is 8.94. The van der Waals surface area contributed by atoms with Crippen molar-refractivity contribution in [2.75, 3.05) is 5.32 Å². The molecule has 0 spiro atoms. The third-order valence-electron chi connectivity index (χ3n) is 2.42. The van der Waals surface area contributed by atoms with Crippen LogP contribution in [0.1, 0.15) is 23.7 Å². The summed E-state index contributed by atoms with van der Waals surface area (Å²) in [6, 6.07) is 7.11. The second-order valence-electron chi connectivity index (χ2n) is 3.56. The Balaban J connectivity index is 2.48. The van der Waals surface area contributed by atoms with Crippen LogP contribution in [-0.2, 0) is 4.79 Å². The molecule has 0 aliphatic carbocycles. The van der Waals surface area contributed by atoms with Crippen molar-refractivity contribution in [2.24, 2.45) is 5.92 Å². The van der Waals surface area contributed by atoms with Crippen molar-refractivity contribution in [3.8, 4) is 0 Å². The van der Waals surface area contributed by atoms with Gasteiger partial charge in [-0.1, -0.05) is 19.1 Å². The summed E-state index contributed by atoms with van der Waals surface area (Å²) in [5.41, 5.74) is 1.25. The Bertz CT molecular complexity index is 398. The first-order chi connectivity index (χ1) is 6.68. The van der Waals surface area contributed by atoms with Crippen molar-refractivity contribution in [3.63, 3.8) is 0 Å². The summed E-state index contributed by atoms with van der Waals surface area (Å²) in [5, 5.41) is 2.74. The Labute approximate surface area is 82.1 Å². The molecule has 3 heteroatoms. The van der Waals surface area contributed by atoms with Gasteiger partial charge in [-0.15, -0.1) is 0 Å². The van der Waals surface area contributed by atoms with Crippen LogP contribution < -0.4 is 5.32 Å². The number of anilines is 1. The summed E-state index contributed by atoms with van der Waals surface area (Å²) >= 11 is 0. The van der Waals surface area contributed by atoms with Crippen LogP contribution in [0.25, 0.3) is 0 Å². The van der Waals surface area contributed by atoms with Gasteiger partial charge < -0.3 is 5.32 Å². The highest BCUT2D eigenvalue weighted by Gasteiger charge is 2.24. The fourth-order valence-corrected chi connectivity index (χ4v) is 1.57. The first-order valence-electron chi connectivity index (χ1n) is 4.61. The second-order valence-corrected chi connectivity index (χ2v) is 3.56. The first-order valence-corrected chi connectivity index (χ1v) is 4.61. The SMILES string of the molecule is C[C@H]1CC(=O)c2ccccc2NC1=O. The largest absolute Gasteiger partial charge is 0.325 e. The van der Waals surface area contributed by atoms with Crippen molar-refractivity contribution in [1.82, 2.24) is 0 Å². The standard InChI is InChI=1S/C11H11NO2/c1-7-6-10(13)8-4-2-3-5-9(8)12-11(7)14/h2-5,7H,6H2,1H3,(H,12,14)/t7-/m0/s1. The molecule has 1 N–H and O–H groups in total. The summed E-state index contributed by atoms with van der Waals surface area (Å²) in [5.74, 6) is -0.287. The molecule has 1 amide bonds. The van der Waals surface area contributed by atoms with Gasteiger partial charge in [-0.05, 0) is 12.1 Å². The van der Waals surface area contributed by atoms with E-state index < -0.39 is 0 Å². The van der Waals surface area contributed by atoms with Gasteiger partial charge in [-0.3, -0.25) is 9.59 Å². The zero-order chi connectivity index (χ0) is 10.1. The maximum atomic E-state index is 11.7. The summed E-state index contributed by atoms with van der Waals surface area (Å²) in [7, 11) is 0. The highest BCUT2D eigenvalue weighted by Crippen LogP contribution is 2.23. The molecule has 1 aromatic carbocycles. The molecule has 1 atom stereocenters. The number of nitrogens with one attached hydrogen (secondary N) is 1. The maximum Gasteiger partial charge on any atom is 0.227 e. The molecule has 14 heavy (non-hydrogen) atoms. The molecule has 0 saturated carbocycles. The second kappa shape index (κ2) is 3.25. The minimum absolute atomic E-state index is 0.0338. The zero-order valence-electron chi connectivity index (χ0n) is 7.91. The normalized spacial score (nSPS) is 21.1. The number of hydrogen-bond acceptors (Lipinski definition) is 2. The predicted molar refractivity (Wildman–Crippen MR) is 53.2 cm³/mol. The van der Waals surface area contributed by atoms with Gasteiger partial charge in [0.25, 0.3) is 0 Å². The topological polar surface area (TPSA) is 46.2 Å². The van der Waals surface area contributed by atoms with Crippen molar-refractivity contribution >= 4 is 17.4 Å². The van der Waals surface area contributed by atoms with Crippen molar-refractivity contribution in [1.29, 1.82) is 0 Å². The van der Waals surface area contributed by atoms with E-state index in [1.165, 1.54) is 0 Å². The Morgan fingerprint density at radius 3 is 2.79 bits per heavy atom. The van der Waals surface area contributed by atoms with Crippen molar-refractivity contribution < 1.29 is 9.59 Å². The number of Topliss-reactive ketones (excluding diaryl/α,β-unsaturated/α-hetero) is 1.